The van der Waals surface area contributed by atoms with Crippen molar-refractivity contribution in [1.82, 2.24) is 5.32 Å². The fraction of sp³-hybridized carbons (Fsp3) is 0.316. The lowest BCUT2D eigenvalue weighted by atomic mass is 9.62. The normalized spacial score (nSPS) is 20.7. The number of Topliss-reactive ketones (excluding diaryl/α,β-unsaturated/α-hetero) is 2. The molecule has 0 heterocycles. The minimum absolute atomic E-state index is 0.0151. The third-order valence-corrected chi connectivity index (χ3v) is 9.73. The minimum Gasteiger partial charge on any atom is -0.511 e. The summed E-state index contributed by atoms with van der Waals surface area (Å²) in [6, 6.07) is 17.7. The summed E-state index contributed by atoms with van der Waals surface area (Å²) in [6.07, 6.45) is 0.925. The molecule has 4 atom stereocenters. The van der Waals surface area contributed by atoms with Crippen molar-refractivity contribution >= 4 is 23.4 Å². The van der Waals surface area contributed by atoms with E-state index < -0.39 is 58.4 Å². The van der Waals surface area contributed by atoms with Gasteiger partial charge in [-0.05, 0) is 78.5 Å². The van der Waals surface area contributed by atoms with Gasteiger partial charge in [-0.1, -0.05) is 42.5 Å². The molecule has 0 bridgehead atoms. The summed E-state index contributed by atoms with van der Waals surface area (Å²) in [5.74, 6) is -5.75. The van der Waals surface area contributed by atoms with Crippen molar-refractivity contribution in [2.45, 2.75) is 45.2 Å². The molecule has 6 rings (SSSR count). The van der Waals surface area contributed by atoms with E-state index >= 15 is 0 Å². The number of benzene rings is 3. The summed E-state index contributed by atoms with van der Waals surface area (Å²) >= 11 is 0. The number of phenols is 1. The Hall–Kier alpha value is -5.42. The first-order valence-electron chi connectivity index (χ1n) is 16.2. The maximum atomic E-state index is 14.1. The number of aliphatic hydroxyl groups excluding tert-OH is 2. The van der Waals surface area contributed by atoms with E-state index in [1.165, 1.54) is 13.2 Å². The average Bonchev–Trinajstić information content (AvgIpc) is 3.06. The smallest absolute Gasteiger partial charge is 0.323 e. The number of aromatic hydroxyl groups is 1. The van der Waals surface area contributed by atoms with Gasteiger partial charge in [0.05, 0.1) is 25.2 Å². The van der Waals surface area contributed by atoms with Crippen LogP contribution in [0.15, 0.2) is 83.3 Å². The highest BCUT2D eigenvalue weighted by Gasteiger charge is 2.50. The van der Waals surface area contributed by atoms with Gasteiger partial charge in [0, 0.05) is 24.1 Å². The molecule has 254 valence electrons. The number of ether oxygens (including phenoxy) is 2. The Bertz CT molecular complexity index is 1910. The SMILES string of the molecule is CCOC(=O)C(Cc1ccccc1)NCc1ccc(OC)c(-c2ccc(O)c3c2CC2CC4CC(O)=C(C(N)=O)C(=O)C4C(O)=C2C3=O)c1. The number of carbonyl (C=O) groups excluding carboxylic acids is 4. The summed E-state index contributed by atoms with van der Waals surface area (Å²) in [5.41, 5.74) is 8.49. The van der Waals surface area contributed by atoms with Crippen LogP contribution in [0, 0.1) is 17.8 Å². The average molecular weight is 667 g/mol. The van der Waals surface area contributed by atoms with Gasteiger partial charge in [0.2, 0.25) is 0 Å². The number of aliphatic hydroxyl groups is 2. The van der Waals surface area contributed by atoms with Crippen molar-refractivity contribution in [3.05, 3.63) is 106 Å². The highest BCUT2D eigenvalue weighted by atomic mass is 16.5. The van der Waals surface area contributed by atoms with Gasteiger partial charge in [-0.2, -0.15) is 0 Å². The Morgan fingerprint density at radius 1 is 0.980 bits per heavy atom. The first-order valence-corrected chi connectivity index (χ1v) is 16.2. The Labute approximate surface area is 283 Å². The predicted molar refractivity (Wildman–Crippen MR) is 179 cm³/mol. The van der Waals surface area contributed by atoms with Gasteiger partial charge in [-0.25, -0.2) is 0 Å². The molecule has 6 N–H and O–H groups in total. The van der Waals surface area contributed by atoms with Crippen LogP contribution in [-0.4, -0.2) is 58.5 Å². The Kier molecular flexibility index (Phi) is 9.29. The van der Waals surface area contributed by atoms with E-state index in [1.807, 2.05) is 42.5 Å². The molecule has 3 aromatic rings. The molecule has 3 aliphatic carbocycles. The number of carbonyl (C=O) groups is 4. The third-order valence-electron chi connectivity index (χ3n) is 9.73. The lowest BCUT2D eigenvalue weighted by Crippen LogP contribution is -2.43. The number of nitrogens with two attached hydrogens (primary N) is 1. The van der Waals surface area contributed by atoms with Gasteiger partial charge < -0.3 is 35.8 Å². The molecule has 0 aliphatic heterocycles. The highest BCUT2D eigenvalue weighted by molar-refractivity contribution is 6.22. The molecule has 0 radical (unpaired) electrons. The lowest BCUT2D eigenvalue weighted by molar-refractivity contribution is -0.145. The van der Waals surface area contributed by atoms with Gasteiger partial charge in [-0.15, -0.1) is 0 Å². The molecule has 11 heteroatoms. The first kappa shape index (κ1) is 33.5. The number of amides is 1. The van der Waals surface area contributed by atoms with E-state index in [1.54, 1.807) is 19.1 Å². The van der Waals surface area contributed by atoms with Crippen LogP contribution in [0.1, 0.15) is 46.8 Å². The first-order chi connectivity index (χ1) is 23.5. The molecule has 0 spiro atoms. The summed E-state index contributed by atoms with van der Waals surface area (Å²) in [6.45, 7) is 2.33. The Morgan fingerprint density at radius 2 is 1.73 bits per heavy atom. The second kappa shape index (κ2) is 13.6. The molecular formula is C38H38N2O9. The van der Waals surface area contributed by atoms with Crippen LogP contribution in [0.3, 0.4) is 0 Å². The highest BCUT2D eigenvalue weighted by Crippen LogP contribution is 2.51. The number of hydrogen-bond acceptors (Lipinski definition) is 10. The molecule has 1 amide bonds. The second-order valence-electron chi connectivity index (χ2n) is 12.7. The van der Waals surface area contributed by atoms with E-state index in [2.05, 4.69) is 5.32 Å². The molecule has 0 saturated carbocycles. The predicted octanol–water partition coefficient (Wildman–Crippen LogP) is 4.41. The summed E-state index contributed by atoms with van der Waals surface area (Å²) in [5, 5.41) is 36.1. The van der Waals surface area contributed by atoms with Crippen LogP contribution < -0.4 is 15.8 Å². The number of phenolic OH excluding ortho intramolecular Hbond substituents is 1. The fourth-order valence-electron chi connectivity index (χ4n) is 7.54. The van der Waals surface area contributed by atoms with Gasteiger partial charge in [0.15, 0.2) is 11.6 Å². The fourth-order valence-corrected chi connectivity index (χ4v) is 7.54. The van der Waals surface area contributed by atoms with E-state index in [9.17, 15) is 34.5 Å². The van der Waals surface area contributed by atoms with Crippen molar-refractivity contribution in [3.8, 4) is 22.6 Å². The maximum absolute atomic E-state index is 14.1. The standard InChI is InChI=1S/C38H38N2O9/c1-3-49-38(47)26(14-19-7-5-4-6-8-19)40-18-20-9-12-29(48-2)24(13-20)23-10-11-27(41)32-25(23)16-21-15-22-17-28(42)33(37(39)46)36(45)31(22)34(43)30(21)35(32)44/h4-13,21-22,26,31,40-43H,3,14-18H2,1-2H3,(H2,39,46). The topological polar surface area (TPSA) is 185 Å². The third kappa shape index (κ3) is 6.17. The van der Waals surface area contributed by atoms with Crippen LogP contribution in [0.5, 0.6) is 11.5 Å². The monoisotopic (exact) mass is 666 g/mol. The van der Waals surface area contributed by atoms with Crippen LogP contribution in [0.25, 0.3) is 11.1 Å². The molecule has 0 saturated heterocycles. The number of fused-ring (bicyclic) bond motifs is 3. The number of ketones is 2. The number of hydrogen-bond donors (Lipinski definition) is 5. The van der Waals surface area contributed by atoms with Crippen LogP contribution >= 0.6 is 0 Å². The molecule has 11 nitrogen and oxygen atoms in total. The van der Waals surface area contributed by atoms with Crippen molar-refractivity contribution < 1.29 is 44.0 Å². The zero-order chi connectivity index (χ0) is 35.0. The van der Waals surface area contributed by atoms with Crippen LogP contribution in [0.4, 0.5) is 0 Å². The molecule has 3 aromatic carbocycles. The molecule has 0 fully saturated rings. The van der Waals surface area contributed by atoms with E-state index in [0.29, 0.717) is 35.4 Å². The van der Waals surface area contributed by atoms with E-state index in [-0.39, 0.29) is 48.7 Å². The lowest BCUT2D eigenvalue weighted by Gasteiger charge is -2.41. The van der Waals surface area contributed by atoms with Gasteiger partial charge >= 0.3 is 5.97 Å². The van der Waals surface area contributed by atoms with Gasteiger partial charge in [0.1, 0.15) is 34.6 Å². The minimum atomic E-state index is -1.19. The van der Waals surface area contributed by atoms with Crippen LogP contribution in [-0.2, 0) is 38.5 Å². The zero-order valence-corrected chi connectivity index (χ0v) is 27.2. The van der Waals surface area contributed by atoms with E-state index in [0.717, 1.165) is 11.1 Å². The zero-order valence-electron chi connectivity index (χ0n) is 27.2. The van der Waals surface area contributed by atoms with Gasteiger partial charge in [-0.3, -0.25) is 19.2 Å². The summed E-state index contributed by atoms with van der Waals surface area (Å²) < 4.78 is 11.1. The molecule has 0 aromatic heterocycles. The quantitative estimate of drug-likeness (QED) is 0.153. The summed E-state index contributed by atoms with van der Waals surface area (Å²) in [7, 11) is 1.53. The second-order valence-corrected chi connectivity index (χ2v) is 12.7. The van der Waals surface area contributed by atoms with Crippen molar-refractivity contribution in [2.75, 3.05) is 13.7 Å². The number of esters is 1. The van der Waals surface area contributed by atoms with Crippen molar-refractivity contribution in [1.29, 1.82) is 0 Å². The van der Waals surface area contributed by atoms with Crippen LogP contribution in [0.2, 0.25) is 0 Å². The van der Waals surface area contributed by atoms with Crippen molar-refractivity contribution in [2.24, 2.45) is 23.5 Å². The number of rotatable bonds is 10. The van der Waals surface area contributed by atoms with Crippen molar-refractivity contribution in [3.63, 3.8) is 0 Å². The Balaban J connectivity index is 1.34. The molecule has 4 unspecified atom stereocenters. The number of allylic oxidation sites excluding steroid dienone is 3. The Morgan fingerprint density at radius 3 is 2.43 bits per heavy atom. The molecule has 49 heavy (non-hydrogen) atoms. The van der Waals surface area contributed by atoms with Gasteiger partial charge in [0.25, 0.3) is 5.91 Å². The number of methoxy groups -OCH3 is 1. The molecular weight excluding hydrogens is 628 g/mol. The number of nitrogens with one attached hydrogen (secondary N) is 1. The number of primary amides is 1. The van der Waals surface area contributed by atoms with E-state index in [4.69, 9.17) is 15.2 Å². The molecule has 3 aliphatic rings. The summed E-state index contributed by atoms with van der Waals surface area (Å²) in [4.78, 5) is 52.0. The maximum Gasteiger partial charge on any atom is 0.323 e. The largest absolute Gasteiger partial charge is 0.511 e.